The van der Waals surface area contributed by atoms with Crippen LogP contribution in [-0.2, 0) is 26.2 Å². The minimum Gasteiger partial charge on any atom is -0.237 e. The summed E-state index contributed by atoms with van der Waals surface area (Å²) in [4.78, 5) is 0. The Morgan fingerprint density at radius 3 is 1.86 bits per heavy atom. The average Bonchev–Trinajstić information content (AvgIpc) is 3.13. The largest absolute Gasteiger partial charge is 0.244 e. The van der Waals surface area contributed by atoms with Crippen molar-refractivity contribution in [1.29, 1.82) is 0 Å². The van der Waals surface area contributed by atoms with Gasteiger partial charge in [0.05, 0.1) is 13.1 Å². The number of hydrogen-bond acceptors (Lipinski definition) is 0. The maximum Gasteiger partial charge on any atom is 0.244 e. The van der Waals surface area contributed by atoms with Crippen LogP contribution >= 0.6 is 0 Å². The van der Waals surface area contributed by atoms with Crippen molar-refractivity contribution in [3.05, 3.63) is 72.8 Å². The van der Waals surface area contributed by atoms with Gasteiger partial charge in [0, 0.05) is 0 Å². The number of aromatic nitrogens is 4. The second-order valence-electron chi connectivity index (χ2n) is 6.17. The fourth-order valence-corrected chi connectivity index (χ4v) is 3.17. The van der Waals surface area contributed by atoms with Crippen LogP contribution < -0.4 is 9.13 Å². The van der Waals surface area contributed by atoms with Crippen molar-refractivity contribution in [3.63, 3.8) is 0 Å². The zero-order chi connectivity index (χ0) is 14.8. The first-order valence-electron chi connectivity index (χ1n) is 8.03. The number of imidazole rings is 2. The van der Waals surface area contributed by atoms with Gasteiger partial charge in [0.1, 0.15) is 37.9 Å². The van der Waals surface area contributed by atoms with Gasteiger partial charge in [-0.1, -0.05) is 18.2 Å². The summed E-state index contributed by atoms with van der Waals surface area (Å²) in [6.07, 6.45) is 15.6. The number of nitrogens with zero attached hydrogens (tertiary/aromatic N) is 4. The molecule has 0 fully saturated rings. The molecule has 1 aliphatic heterocycles. The summed E-state index contributed by atoms with van der Waals surface area (Å²) in [5.41, 5.74) is 2.71. The standard InChI is InChI=1S/C18H22N4/c1-2-7-20-9-11-22(16-20)14-18-5-3-4-17(12-18)13-21-10-8-19(6-1)15-21/h3-5,8-12,15-16H,1-2,6-7,13-14H2/q+2. The quantitative estimate of drug-likeness (QED) is 0.562. The predicted molar refractivity (Wildman–Crippen MR) is 83.1 cm³/mol. The first kappa shape index (κ1) is 13.3. The van der Waals surface area contributed by atoms with Gasteiger partial charge in [-0.05, 0) is 30.0 Å². The Balaban J connectivity index is 1.66. The second-order valence-corrected chi connectivity index (χ2v) is 6.17. The molecule has 0 saturated heterocycles. The van der Waals surface area contributed by atoms with Gasteiger partial charge in [-0.25, -0.2) is 18.3 Å². The minimum absolute atomic E-state index is 0.937. The van der Waals surface area contributed by atoms with E-state index < -0.39 is 0 Å². The zero-order valence-electron chi connectivity index (χ0n) is 12.8. The van der Waals surface area contributed by atoms with Crippen LogP contribution in [0.3, 0.4) is 0 Å². The summed E-state index contributed by atoms with van der Waals surface area (Å²) >= 11 is 0. The van der Waals surface area contributed by atoms with Crippen molar-refractivity contribution in [2.75, 3.05) is 0 Å². The first-order valence-corrected chi connectivity index (χ1v) is 8.03. The lowest BCUT2D eigenvalue weighted by molar-refractivity contribution is -0.688. The van der Waals surface area contributed by atoms with Crippen LogP contribution in [0.15, 0.2) is 61.7 Å². The molecule has 0 atom stereocenters. The Kier molecular flexibility index (Phi) is 3.51. The van der Waals surface area contributed by atoms with Gasteiger partial charge in [0.2, 0.25) is 12.7 Å². The van der Waals surface area contributed by atoms with Crippen LogP contribution in [0.5, 0.6) is 0 Å². The average molecular weight is 294 g/mol. The topological polar surface area (TPSA) is 17.6 Å². The highest BCUT2D eigenvalue weighted by Gasteiger charge is 2.09. The lowest BCUT2D eigenvalue weighted by atomic mass is 10.1. The molecule has 0 N–H and O–H groups in total. The number of benzene rings is 1. The maximum absolute atomic E-state index is 2.31. The van der Waals surface area contributed by atoms with Crippen molar-refractivity contribution < 1.29 is 9.13 Å². The first-order chi connectivity index (χ1) is 10.8. The number of aryl methyl sites for hydroxylation is 2. The van der Waals surface area contributed by atoms with Crippen LogP contribution in [0.25, 0.3) is 0 Å². The Hall–Kier alpha value is -2.36. The van der Waals surface area contributed by atoms with Crippen molar-refractivity contribution in [2.45, 2.75) is 39.0 Å². The highest BCUT2D eigenvalue weighted by Crippen LogP contribution is 2.06. The van der Waals surface area contributed by atoms with Crippen LogP contribution in [0.4, 0.5) is 0 Å². The van der Waals surface area contributed by atoms with E-state index in [2.05, 4.69) is 80.0 Å². The second kappa shape index (κ2) is 5.79. The van der Waals surface area contributed by atoms with Crippen molar-refractivity contribution >= 4 is 0 Å². The summed E-state index contributed by atoms with van der Waals surface area (Å²) in [6, 6.07) is 8.90. The molecule has 0 spiro atoms. The molecule has 2 aromatic heterocycles. The molecule has 0 amide bonds. The highest BCUT2D eigenvalue weighted by molar-refractivity contribution is 5.22. The Morgan fingerprint density at radius 2 is 1.32 bits per heavy atom. The van der Waals surface area contributed by atoms with E-state index >= 15 is 0 Å². The normalized spacial score (nSPS) is 15.1. The van der Waals surface area contributed by atoms with Gasteiger partial charge in [-0.2, -0.15) is 0 Å². The molecular weight excluding hydrogens is 272 g/mol. The number of rotatable bonds is 0. The van der Waals surface area contributed by atoms with Crippen LogP contribution in [0.2, 0.25) is 0 Å². The van der Waals surface area contributed by atoms with Crippen molar-refractivity contribution in [1.82, 2.24) is 9.13 Å². The molecule has 1 aliphatic rings. The van der Waals surface area contributed by atoms with Crippen LogP contribution in [0.1, 0.15) is 24.0 Å². The van der Waals surface area contributed by atoms with Crippen LogP contribution in [0, 0.1) is 0 Å². The highest BCUT2D eigenvalue weighted by atomic mass is 15.1. The lowest BCUT2D eigenvalue weighted by Gasteiger charge is -2.02. The molecule has 112 valence electrons. The molecule has 4 heteroatoms. The summed E-state index contributed by atoms with van der Waals surface area (Å²) in [5, 5.41) is 0. The maximum atomic E-state index is 2.31. The van der Waals surface area contributed by atoms with E-state index in [1.807, 2.05) is 0 Å². The van der Waals surface area contributed by atoms with E-state index in [4.69, 9.17) is 0 Å². The minimum atomic E-state index is 0.937. The number of fused-ring (bicyclic) bond motifs is 6. The monoisotopic (exact) mass is 294 g/mol. The lowest BCUT2D eigenvalue weighted by Crippen LogP contribution is -2.33. The Morgan fingerprint density at radius 1 is 0.773 bits per heavy atom. The van der Waals surface area contributed by atoms with Gasteiger partial charge in [-0.15, -0.1) is 0 Å². The predicted octanol–water partition coefficient (Wildman–Crippen LogP) is 1.75. The summed E-state index contributed by atoms with van der Waals surface area (Å²) in [6.45, 7) is 4.06. The smallest absolute Gasteiger partial charge is 0.237 e. The molecular formula is C18H22N4+2. The van der Waals surface area contributed by atoms with E-state index in [0.717, 1.165) is 26.2 Å². The number of hydrogen-bond donors (Lipinski definition) is 0. The van der Waals surface area contributed by atoms with Crippen molar-refractivity contribution in [3.8, 4) is 0 Å². The molecule has 6 bridgehead atoms. The van der Waals surface area contributed by atoms with Gasteiger partial charge in [-0.3, -0.25) is 0 Å². The SMILES string of the molecule is c1cc2cc(c1)C[n+]1ccn(c1)CCCCn1cc[n+](c1)C2. The molecule has 4 nitrogen and oxygen atoms in total. The molecule has 0 saturated carbocycles. The third-order valence-corrected chi connectivity index (χ3v) is 4.30. The van der Waals surface area contributed by atoms with Gasteiger partial charge < -0.3 is 0 Å². The Labute approximate surface area is 130 Å². The molecule has 1 aromatic carbocycles. The molecule has 22 heavy (non-hydrogen) atoms. The summed E-state index contributed by atoms with van der Waals surface area (Å²) in [7, 11) is 0. The molecule has 3 heterocycles. The van der Waals surface area contributed by atoms with E-state index in [-0.39, 0.29) is 0 Å². The van der Waals surface area contributed by atoms with E-state index in [9.17, 15) is 0 Å². The molecule has 0 aliphatic carbocycles. The van der Waals surface area contributed by atoms with Crippen molar-refractivity contribution in [2.24, 2.45) is 0 Å². The fourth-order valence-electron chi connectivity index (χ4n) is 3.17. The fraction of sp³-hybridized carbons (Fsp3) is 0.333. The van der Waals surface area contributed by atoms with Gasteiger partial charge >= 0.3 is 0 Å². The third kappa shape index (κ3) is 2.96. The van der Waals surface area contributed by atoms with E-state index in [1.165, 1.54) is 24.0 Å². The van der Waals surface area contributed by atoms with Crippen LogP contribution in [-0.4, -0.2) is 9.13 Å². The summed E-state index contributed by atoms with van der Waals surface area (Å²) < 4.78 is 9.11. The van der Waals surface area contributed by atoms with E-state index in [0.29, 0.717) is 0 Å². The molecule has 3 aromatic rings. The molecule has 4 rings (SSSR count). The third-order valence-electron chi connectivity index (χ3n) is 4.30. The Bertz CT molecular complexity index is 707. The van der Waals surface area contributed by atoms with E-state index in [1.54, 1.807) is 0 Å². The van der Waals surface area contributed by atoms with Gasteiger partial charge in [0.25, 0.3) is 0 Å². The molecule has 0 radical (unpaired) electrons. The zero-order valence-corrected chi connectivity index (χ0v) is 12.8. The molecule has 0 unspecified atom stereocenters. The summed E-state index contributed by atoms with van der Waals surface area (Å²) in [5.74, 6) is 0. The van der Waals surface area contributed by atoms with Gasteiger partial charge in [0.15, 0.2) is 0 Å².